The van der Waals surface area contributed by atoms with Crippen molar-refractivity contribution < 1.29 is 9.53 Å². The fourth-order valence-electron chi connectivity index (χ4n) is 3.28. The third kappa shape index (κ3) is 4.73. The summed E-state index contributed by atoms with van der Waals surface area (Å²) in [5, 5.41) is 3.03. The summed E-state index contributed by atoms with van der Waals surface area (Å²) in [5.74, 6) is 0.939. The fourth-order valence-corrected chi connectivity index (χ4v) is 3.80. The van der Waals surface area contributed by atoms with Crippen molar-refractivity contribution in [1.82, 2.24) is 4.90 Å². The van der Waals surface area contributed by atoms with Crippen LogP contribution < -0.4 is 10.1 Å². The molecule has 0 aliphatic carbocycles. The van der Waals surface area contributed by atoms with E-state index in [2.05, 4.69) is 44.9 Å². The molecule has 132 valence electrons. The Kier molecular flexibility index (Phi) is 6.31. The van der Waals surface area contributed by atoms with Gasteiger partial charge in [-0.1, -0.05) is 24.3 Å². The first-order chi connectivity index (χ1) is 12.2. The van der Waals surface area contributed by atoms with Gasteiger partial charge in [0.15, 0.2) is 0 Å². The van der Waals surface area contributed by atoms with Gasteiger partial charge in [-0.25, -0.2) is 0 Å². The monoisotopic (exact) mass is 450 g/mol. The Morgan fingerprint density at radius 1 is 1.24 bits per heavy atom. The van der Waals surface area contributed by atoms with Crippen molar-refractivity contribution in [3.63, 3.8) is 0 Å². The zero-order valence-electron chi connectivity index (χ0n) is 14.4. The number of anilines is 1. The molecule has 0 aromatic heterocycles. The molecule has 5 heteroatoms. The number of para-hydroxylation sites is 1. The molecule has 0 saturated carbocycles. The summed E-state index contributed by atoms with van der Waals surface area (Å²) in [7, 11) is 0. The van der Waals surface area contributed by atoms with Crippen molar-refractivity contribution in [3.8, 4) is 5.75 Å². The van der Waals surface area contributed by atoms with E-state index < -0.39 is 0 Å². The zero-order chi connectivity index (χ0) is 17.6. The molecule has 1 amide bonds. The molecule has 1 aliphatic heterocycles. The maximum Gasteiger partial charge on any atom is 0.238 e. The summed E-state index contributed by atoms with van der Waals surface area (Å²) in [4.78, 5) is 14.7. The van der Waals surface area contributed by atoms with Gasteiger partial charge in [0.25, 0.3) is 0 Å². The number of carbonyl (C=O) groups is 1. The molecule has 0 spiro atoms. The lowest BCUT2D eigenvalue weighted by Gasteiger charge is -2.24. The highest BCUT2D eigenvalue weighted by Crippen LogP contribution is 2.32. The second-order valence-electron chi connectivity index (χ2n) is 6.16. The molecule has 2 aromatic carbocycles. The second-order valence-corrected chi connectivity index (χ2v) is 7.32. The summed E-state index contributed by atoms with van der Waals surface area (Å²) < 4.78 is 6.57. The van der Waals surface area contributed by atoms with Crippen LogP contribution in [0, 0.1) is 3.57 Å². The highest BCUT2D eigenvalue weighted by atomic mass is 127. The number of rotatable bonds is 6. The van der Waals surface area contributed by atoms with E-state index in [-0.39, 0.29) is 5.91 Å². The van der Waals surface area contributed by atoms with E-state index in [1.165, 1.54) is 5.56 Å². The topological polar surface area (TPSA) is 41.6 Å². The van der Waals surface area contributed by atoms with Crippen LogP contribution >= 0.6 is 22.6 Å². The Morgan fingerprint density at radius 2 is 2.00 bits per heavy atom. The molecule has 1 saturated heterocycles. The molecule has 1 N–H and O–H groups in total. The Morgan fingerprint density at radius 3 is 2.72 bits per heavy atom. The highest BCUT2D eigenvalue weighted by Gasteiger charge is 2.27. The van der Waals surface area contributed by atoms with Crippen molar-refractivity contribution in [2.45, 2.75) is 25.8 Å². The van der Waals surface area contributed by atoms with Gasteiger partial charge >= 0.3 is 0 Å². The lowest BCUT2D eigenvalue weighted by Crippen LogP contribution is -2.33. The van der Waals surface area contributed by atoms with Gasteiger partial charge in [-0.15, -0.1) is 0 Å². The summed E-state index contributed by atoms with van der Waals surface area (Å²) >= 11 is 2.24. The van der Waals surface area contributed by atoms with Crippen LogP contribution in [0.2, 0.25) is 0 Å². The predicted octanol–water partition coefficient (Wildman–Crippen LogP) is 4.47. The maximum atomic E-state index is 12.5. The number of halogens is 1. The molecule has 25 heavy (non-hydrogen) atoms. The smallest absolute Gasteiger partial charge is 0.238 e. The number of ether oxygens (including phenoxy) is 1. The standard InChI is InChI=1S/C20H23IN2O2/c1-2-25-16-11-9-15(10-12-16)19-8-5-13-23(19)14-20(24)22-18-7-4-3-6-17(18)21/h3-4,6-7,9-12,19H,2,5,8,13-14H2,1H3,(H,22,24). The Hall–Kier alpha value is -1.60. The molecule has 1 atom stereocenters. The predicted molar refractivity (Wildman–Crippen MR) is 109 cm³/mol. The number of nitrogens with one attached hydrogen (secondary N) is 1. The van der Waals surface area contributed by atoms with Crippen molar-refractivity contribution in [1.29, 1.82) is 0 Å². The summed E-state index contributed by atoms with van der Waals surface area (Å²) in [6, 6.07) is 16.4. The van der Waals surface area contributed by atoms with E-state index in [4.69, 9.17) is 4.74 Å². The van der Waals surface area contributed by atoms with Crippen LogP contribution in [-0.4, -0.2) is 30.5 Å². The van der Waals surface area contributed by atoms with Crippen LogP contribution in [-0.2, 0) is 4.79 Å². The maximum absolute atomic E-state index is 12.5. The molecule has 3 rings (SSSR count). The van der Waals surface area contributed by atoms with Gasteiger partial charge in [0.1, 0.15) is 5.75 Å². The minimum Gasteiger partial charge on any atom is -0.494 e. The number of benzene rings is 2. The van der Waals surface area contributed by atoms with E-state index in [0.29, 0.717) is 19.2 Å². The first-order valence-electron chi connectivity index (χ1n) is 8.68. The molecule has 1 fully saturated rings. The quantitative estimate of drug-likeness (QED) is 0.661. The highest BCUT2D eigenvalue weighted by molar-refractivity contribution is 14.1. The number of amides is 1. The normalized spacial score (nSPS) is 17.4. The molecule has 1 heterocycles. The van der Waals surface area contributed by atoms with Gasteiger partial charge in [0, 0.05) is 9.61 Å². The van der Waals surface area contributed by atoms with Crippen LogP contribution in [0.4, 0.5) is 5.69 Å². The lowest BCUT2D eigenvalue weighted by atomic mass is 10.0. The second kappa shape index (κ2) is 8.67. The number of hydrogen-bond acceptors (Lipinski definition) is 3. The zero-order valence-corrected chi connectivity index (χ0v) is 16.5. The van der Waals surface area contributed by atoms with Crippen molar-refractivity contribution in [2.75, 3.05) is 25.0 Å². The number of nitrogens with zero attached hydrogens (tertiary/aromatic N) is 1. The van der Waals surface area contributed by atoms with Crippen LogP contribution in [0.1, 0.15) is 31.4 Å². The Labute approximate surface area is 162 Å². The molecule has 1 aliphatic rings. The van der Waals surface area contributed by atoms with E-state index in [1.807, 2.05) is 43.3 Å². The van der Waals surface area contributed by atoms with Gasteiger partial charge in [-0.05, 0) is 78.7 Å². The van der Waals surface area contributed by atoms with E-state index in [0.717, 1.165) is 34.4 Å². The minimum atomic E-state index is 0.0435. The van der Waals surface area contributed by atoms with Gasteiger partial charge in [0.05, 0.1) is 18.8 Å². The van der Waals surface area contributed by atoms with Crippen LogP contribution in [0.15, 0.2) is 48.5 Å². The summed E-state index contributed by atoms with van der Waals surface area (Å²) in [6.07, 6.45) is 2.21. The summed E-state index contributed by atoms with van der Waals surface area (Å²) in [6.45, 7) is 4.03. The number of carbonyl (C=O) groups excluding carboxylic acids is 1. The molecule has 4 nitrogen and oxygen atoms in total. The van der Waals surface area contributed by atoms with Crippen molar-refractivity contribution in [2.24, 2.45) is 0 Å². The van der Waals surface area contributed by atoms with E-state index in [1.54, 1.807) is 0 Å². The van der Waals surface area contributed by atoms with Crippen LogP contribution in [0.25, 0.3) is 0 Å². The van der Waals surface area contributed by atoms with Gasteiger partial charge in [0.2, 0.25) is 5.91 Å². The van der Waals surface area contributed by atoms with Crippen molar-refractivity contribution in [3.05, 3.63) is 57.7 Å². The van der Waals surface area contributed by atoms with Gasteiger partial charge in [-0.3, -0.25) is 9.69 Å². The largest absolute Gasteiger partial charge is 0.494 e. The lowest BCUT2D eigenvalue weighted by molar-refractivity contribution is -0.117. The molecule has 1 unspecified atom stereocenters. The van der Waals surface area contributed by atoms with Crippen LogP contribution in [0.3, 0.4) is 0 Å². The molecular weight excluding hydrogens is 427 g/mol. The van der Waals surface area contributed by atoms with Gasteiger partial charge < -0.3 is 10.1 Å². The minimum absolute atomic E-state index is 0.0435. The third-order valence-electron chi connectivity index (χ3n) is 4.43. The summed E-state index contributed by atoms with van der Waals surface area (Å²) in [5.41, 5.74) is 2.13. The Bertz CT molecular complexity index is 718. The average molecular weight is 450 g/mol. The first kappa shape index (κ1) is 18.2. The number of hydrogen-bond donors (Lipinski definition) is 1. The van der Waals surface area contributed by atoms with E-state index in [9.17, 15) is 4.79 Å². The number of likely N-dealkylation sites (tertiary alicyclic amines) is 1. The Balaban J connectivity index is 1.63. The third-order valence-corrected chi connectivity index (χ3v) is 5.37. The first-order valence-corrected chi connectivity index (χ1v) is 9.76. The molecule has 0 radical (unpaired) electrons. The average Bonchev–Trinajstić information content (AvgIpc) is 3.06. The molecule has 2 aromatic rings. The molecular formula is C20H23IN2O2. The SMILES string of the molecule is CCOc1ccc(C2CCCN2CC(=O)Nc2ccccc2I)cc1. The molecule has 0 bridgehead atoms. The fraction of sp³-hybridized carbons (Fsp3) is 0.350. The van der Waals surface area contributed by atoms with Crippen molar-refractivity contribution >= 4 is 34.2 Å². The van der Waals surface area contributed by atoms with Crippen LogP contribution in [0.5, 0.6) is 5.75 Å². The van der Waals surface area contributed by atoms with Gasteiger partial charge in [-0.2, -0.15) is 0 Å². The van der Waals surface area contributed by atoms with E-state index >= 15 is 0 Å².